The van der Waals surface area contributed by atoms with Crippen molar-refractivity contribution in [2.24, 2.45) is 5.41 Å². The van der Waals surface area contributed by atoms with Crippen LogP contribution in [0.1, 0.15) is 48.4 Å². The maximum atomic E-state index is 11.9. The number of rotatable bonds is 4. The van der Waals surface area contributed by atoms with Gasteiger partial charge < -0.3 is 9.73 Å². The number of alkyl halides is 1. The highest BCUT2D eigenvalue weighted by atomic mass is 35.5. The van der Waals surface area contributed by atoms with Crippen molar-refractivity contribution in [2.45, 2.75) is 39.0 Å². The summed E-state index contributed by atoms with van der Waals surface area (Å²) in [7, 11) is 0. The summed E-state index contributed by atoms with van der Waals surface area (Å²) in [5.41, 5.74) is 0.0805. The highest BCUT2D eigenvalue weighted by Crippen LogP contribution is 2.36. The molecule has 1 aliphatic rings. The van der Waals surface area contributed by atoms with E-state index in [-0.39, 0.29) is 11.3 Å². The van der Waals surface area contributed by atoms with Crippen molar-refractivity contribution in [1.82, 2.24) is 5.32 Å². The molecule has 0 unspecified atom stereocenters. The van der Waals surface area contributed by atoms with Gasteiger partial charge in [0.05, 0.1) is 0 Å². The van der Waals surface area contributed by atoms with E-state index < -0.39 is 0 Å². The van der Waals surface area contributed by atoms with Crippen LogP contribution in [0.4, 0.5) is 0 Å². The molecule has 4 heteroatoms. The molecule has 0 radical (unpaired) electrons. The molecule has 0 bridgehead atoms. The lowest BCUT2D eigenvalue weighted by Gasteiger charge is -2.35. The Labute approximate surface area is 113 Å². The number of hydrogen-bond donors (Lipinski definition) is 1. The fraction of sp³-hybridized carbons (Fsp3) is 0.643. The molecule has 0 aliphatic heterocycles. The summed E-state index contributed by atoms with van der Waals surface area (Å²) in [5.74, 6) is 1.61. The third-order valence-electron chi connectivity index (χ3n) is 3.79. The number of halogens is 1. The predicted octanol–water partition coefficient (Wildman–Crippen LogP) is 3.51. The molecule has 0 aromatic carbocycles. The molecule has 1 N–H and O–H groups in total. The first-order valence-corrected chi connectivity index (χ1v) is 7.09. The molecule has 1 heterocycles. The Hall–Kier alpha value is -0.960. The van der Waals surface area contributed by atoms with Crippen molar-refractivity contribution in [3.05, 3.63) is 23.7 Å². The summed E-state index contributed by atoms with van der Waals surface area (Å²) in [6, 6.07) is 3.51. The third-order valence-corrected chi connectivity index (χ3v) is 4.35. The lowest BCUT2D eigenvalue weighted by molar-refractivity contribution is 0.0892. The lowest BCUT2D eigenvalue weighted by atomic mass is 9.75. The first-order valence-electron chi connectivity index (χ1n) is 6.56. The number of carbonyl (C=O) groups is 1. The molecule has 1 saturated carbocycles. The highest BCUT2D eigenvalue weighted by Gasteiger charge is 2.31. The van der Waals surface area contributed by atoms with Gasteiger partial charge in [-0.25, -0.2) is 0 Å². The van der Waals surface area contributed by atoms with Crippen molar-refractivity contribution < 1.29 is 9.21 Å². The molecule has 0 atom stereocenters. The van der Waals surface area contributed by atoms with E-state index in [2.05, 4.69) is 5.32 Å². The van der Waals surface area contributed by atoms with Gasteiger partial charge in [-0.1, -0.05) is 19.3 Å². The molecule has 1 fully saturated rings. The van der Waals surface area contributed by atoms with Crippen LogP contribution in [0.2, 0.25) is 0 Å². The van der Waals surface area contributed by atoms with Crippen molar-refractivity contribution in [3.63, 3.8) is 0 Å². The van der Waals surface area contributed by atoms with Gasteiger partial charge in [0.2, 0.25) is 0 Å². The number of aryl methyl sites for hydroxylation is 1. The second-order valence-electron chi connectivity index (χ2n) is 5.29. The van der Waals surface area contributed by atoms with E-state index in [0.717, 1.165) is 18.6 Å². The van der Waals surface area contributed by atoms with E-state index in [4.69, 9.17) is 16.0 Å². The zero-order chi connectivity index (χ0) is 13.0. The second kappa shape index (κ2) is 5.79. The summed E-state index contributed by atoms with van der Waals surface area (Å²) in [4.78, 5) is 11.9. The molecule has 18 heavy (non-hydrogen) atoms. The van der Waals surface area contributed by atoms with Crippen LogP contribution >= 0.6 is 11.6 Å². The van der Waals surface area contributed by atoms with Crippen LogP contribution in [0.3, 0.4) is 0 Å². The molecule has 3 nitrogen and oxygen atoms in total. The minimum atomic E-state index is -0.141. The Morgan fingerprint density at radius 1 is 1.39 bits per heavy atom. The van der Waals surface area contributed by atoms with E-state index >= 15 is 0 Å². The van der Waals surface area contributed by atoms with Crippen LogP contribution in [0.15, 0.2) is 16.5 Å². The Kier molecular flexibility index (Phi) is 4.33. The number of furan rings is 1. The van der Waals surface area contributed by atoms with Crippen LogP contribution in [-0.4, -0.2) is 18.3 Å². The SMILES string of the molecule is Cc1ccc(C(=O)NCC2(CCl)CCCCC2)o1. The summed E-state index contributed by atoms with van der Waals surface area (Å²) in [5, 5.41) is 2.96. The van der Waals surface area contributed by atoms with Gasteiger partial charge in [-0.15, -0.1) is 11.6 Å². The number of hydrogen-bond acceptors (Lipinski definition) is 2. The molecular weight excluding hydrogens is 250 g/mol. The van der Waals surface area contributed by atoms with Gasteiger partial charge in [0.25, 0.3) is 5.91 Å². The molecule has 2 rings (SSSR count). The summed E-state index contributed by atoms with van der Waals surface area (Å²) in [6.07, 6.45) is 5.91. The van der Waals surface area contributed by atoms with Gasteiger partial charge in [-0.3, -0.25) is 4.79 Å². The van der Waals surface area contributed by atoms with Crippen LogP contribution in [0, 0.1) is 12.3 Å². The Balaban J connectivity index is 1.91. The Morgan fingerprint density at radius 2 is 2.11 bits per heavy atom. The maximum absolute atomic E-state index is 11.9. The molecular formula is C14H20ClNO2. The average Bonchev–Trinajstić information content (AvgIpc) is 2.84. The van der Waals surface area contributed by atoms with Crippen molar-refractivity contribution in [3.8, 4) is 0 Å². The predicted molar refractivity (Wildman–Crippen MR) is 72.0 cm³/mol. The van der Waals surface area contributed by atoms with E-state index in [1.807, 2.05) is 6.92 Å². The number of carbonyl (C=O) groups excluding carboxylic acids is 1. The summed E-state index contributed by atoms with van der Waals surface area (Å²) in [6.45, 7) is 2.48. The van der Waals surface area contributed by atoms with E-state index in [9.17, 15) is 4.79 Å². The average molecular weight is 270 g/mol. The van der Waals surface area contributed by atoms with Crippen molar-refractivity contribution >= 4 is 17.5 Å². The van der Waals surface area contributed by atoms with Gasteiger partial charge in [0, 0.05) is 17.8 Å². The minimum Gasteiger partial charge on any atom is -0.456 e. The van der Waals surface area contributed by atoms with E-state index in [0.29, 0.717) is 18.2 Å². The molecule has 0 spiro atoms. The normalized spacial score (nSPS) is 18.6. The fourth-order valence-electron chi connectivity index (χ4n) is 2.57. The topological polar surface area (TPSA) is 42.2 Å². The van der Waals surface area contributed by atoms with Crippen molar-refractivity contribution in [2.75, 3.05) is 12.4 Å². The van der Waals surface area contributed by atoms with Gasteiger partial charge in [-0.2, -0.15) is 0 Å². The van der Waals surface area contributed by atoms with Crippen LogP contribution < -0.4 is 5.32 Å². The Bertz CT molecular complexity index is 408. The quantitative estimate of drug-likeness (QED) is 0.850. The highest BCUT2D eigenvalue weighted by molar-refractivity contribution is 6.18. The zero-order valence-corrected chi connectivity index (χ0v) is 11.6. The molecule has 1 aromatic heterocycles. The molecule has 100 valence electrons. The first-order chi connectivity index (χ1) is 8.65. The molecule has 0 saturated heterocycles. The molecule has 1 aliphatic carbocycles. The smallest absolute Gasteiger partial charge is 0.287 e. The second-order valence-corrected chi connectivity index (χ2v) is 5.55. The fourth-order valence-corrected chi connectivity index (χ4v) is 2.93. The van der Waals surface area contributed by atoms with Crippen LogP contribution in [0.5, 0.6) is 0 Å². The zero-order valence-electron chi connectivity index (χ0n) is 10.8. The summed E-state index contributed by atoms with van der Waals surface area (Å²) >= 11 is 6.10. The minimum absolute atomic E-state index is 0.0805. The number of amides is 1. The first kappa shape index (κ1) is 13.5. The lowest BCUT2D eigenvalue weighted by Crippen LogP contribution is -2.40. The maximum Gasteiger partial charge on any atom is 0.287 e. The van der Waals surface area contributed by atoms with Gasteiger partial charge in [-0.05, 0) is 31.9 Å². The monoisotopic (exact) mass is 269 g/mol. The molecule has 1 aromatic rings. The van der Waals surface area contributed by atoms with Crippen molar-refractivity contribution in [1.29, 1.82) is 0 Å². The van der Waals surface area contributed by atoms with Crippen LogP contribution in [-0.2, 0) is 0 Å². The largest absolute Gasteiger partial charge is 0.456 e. The van der Waals surface area contributed by atoms with Gasteiger partial charge in [0.15, 0.2) is 5.76 Å². The standard InChI is InChI=1S/C14H20ClNO2/c1-11-5-6-12(18-11)13(17)16-10-14(9-15)7-3-2-4-8-14/h5-6H,2-4,7-10H2,1H3,(H,16,17). The number of nitrogens with one attached hydrogen (secondary N) is 1. The molecule has 1 amide bonds. The van der Waals surface area contributed by atoms with Gasteiger partial charge in [0.1, 0.15) is 5.76 Å². The van der Waals surface area contributed by atoms with Crippen LogP contribution in [0.25, 0.3) is 0 Å². The Morgan fingerprint density at radius 3 is 2.67 bits per heavy atom. The summed E-state index contributed by atoms with van der Waals surface area (Å²) < 4.78 is 5.31. The van der Waals surface area contributed by atoms with E-state index in [1.54, 1.807) is 12.1 Å². The van der Waals surface area contributed by atoms with E-state index in [1.165, 1.54) is 19.3 Å². The third kappa shape index (κ3) is 3.08. The van der Waals surface area contributed by atoms with Gasteiger partial charge >= 0.3 is 0 Å².